The van der Waals surface area contributed by atoms with Crippen molar-refractivity contribution in [2.75, 3.05) is 24.5 Å². The second kappa shape index (κ2) is 7.80. The number of benzene rings is 2. The van der Waals surface area contributed by atoms with Gasteiger partial charge in [0, 0.05) is 31.4 Å². The molecular weight excluding hydrogens is 357 g/mol. The molecule has 1 aliphatic heterocycles. The third-order valence-electron chi connectivity index (χ3n) is 5.03. The molecule has 0 N–H and O–H groups in total. The van der Waals surface area contributed by atoms with Crippen LogP contribution >= 0.6 is 0 Å². The lowest BCUT2D eigenvalue weighted by Crippen LogP contribution is -2.54. The summed E-state index contributed by atoms with van der Waals surface area (Å²) < 4.78 is 14.6. The Bertz CT molecular complexity index is 941. The fourth-order valence-electron chi connectivity index (χ4n) is 3.53. The summed E-state index contributed by atoms with van der Waals surface area (Å²) in [6, 6.07) is 16.5. The summed E-state index contributed by atoms with van der Waals surface area (Å²) in [5, 5.41) is 8.10. The van der Waals surface area contributed by atoms with Crippen LogP contribution in [0.1, 0.15) is 23.0 Å². The normalized spacial score (nSPS) is 17.0. The second-order valence-corrected chi connectivity index (χ2v) is 7.06. The number of amides is 1. The van der Waals surface area contributed by atoms with Gasteiger partial charge in [-0.05, 0) is 36.8 Å². The van der Waals surface area contributed by atoms with Gasteiger partial charge in [-0.15, -0.1) is 5.10 Å². The van der Waals surface area contributed by atoms with E-state index in [0.717, 1.165) is 18.7 Å². The van der Waals surface area contributed by atoms with Gasteiger partial charge in [-0.1, -0.05) is 35.5 Å². The van der Waals surface area contributed by atoms with Crippen LogP contribution in [0, 0.1) is 5.82 Å². The minimum atomic E-state index is -0.276. The number of aromatic nitrogens is 3. The van der Waals surface area contributed by atoms with Crippen molar-refractivity contribution in [1.82, 2.24) is 19.9 Å². The molecule has 144 valence electrons. The first-order valence-corrected chi connectivity index (χ1v) is 9.36. The second-order valence-electron chi connectivity index (χ2n) is 7.06. The lowest BCUT2D eigenvalue weighted by molar-refractivity contribution is 0.0668. The van der Waals surface area contributed by atoms with Crippen LogP contribution in [0.2, 0.25) is 0 Å². The number of carbonyl (C=O) groups excluding carboxylic acids is 1. The lowest BCUT2D eigenvalue weighted by atomic mass is 10.1. The number of piperazine rings is 1. The SMILES string of the molecule is CC1CN(c2ccccc2)CCN1C(=O)c1cn(Cc2ccc(F)cc2)nn1. The van der Waals surface area contributed by atoms with E-state index in [-0.39, 0.29) is 17.8 Å². The monoisotopic (exact) mass is 379 g/mol. The van der Waals surface area contributed by atoms with Gasteiger partial charge in [-0.25, -0.2) is 9.07 Å². The Kier molecular flexibility index (Phi) is 5.06. The van der Waals surface area contributed by atoms with Crippen molar-refractivity contribution in [1.29, 1.82) is 0 Å². The van der Waals surface area contributed by atoms with Gasteiger partial charge in [0.25, 0.3) is 5.91 Å². The quantitative estimate of drug-likeness (QED) is 0.700. The average Bonchev–Trinajstić information content (AvgIpc) is 3.18. The highest BCUT2D eigenvalue weighted by Crippen LogP contribution is 2.20. The Morgan fingerprint density at radius 3 is 2.57 bits per heavy atom. The van der Waals surface area contributed by atoms with E-state index in [2.05, 4.69) is 34.3 Å². The van der Waals surface area contributed by atoms with Crippen molar-refractivity contribution in [3.63, 3.8) is 0 Å². The first-order valence-electron chi connectivity index (χ1n) is 9.36. The van der Waals surface area contributed by atoms with E-state index in [1.54, 1.807) is 23.0 Å². The largest absolute Gasteiger partial charge is 0.368 e. The maximum absolute atomic E-state index is 13.0. The first-order chi connectivity index (χ1) is 13.6. The minimum Gasteiger partial charge on any atom is -0.368 e. The van der Waals surface area contributed by atoms with Gasteiger partial charge in [0.15, 0.2) is 5.69 Å². The summed E-state index contributed by atoms with van der Waals surface area (Å²) in [7, 11) is 0. The van der Waals surface area contributed by atoms with Gasteiger partial charge >= 0.3 is 0 Å². The molecule has 2 heterocycles. The molecular formula is C21H22FN5O. The number of hydrogen-bond donors (Lipinski definition) is 0. The van der Waals surface area contributed by atoms with Crippen LogP contribution in [-0.4, -0.2) is 51.5 Å². The number of para-hydroxylation sites is 1. The van der Waals surface area contributed by atoms with Crippen molar-refractivity contribution >= 4 is 11.6 Å². The number of hydrogen-bond acceptors (Lipinski definition) is 4. The molecule has 1 atom stereocenters. The van der Waals surface area contributed by atoms with Crippen LogP contribution < -0.4 is 4.90 Å². The molecule has 1 aromatic heterocycles. The summed E-state index contributed by atoms with van der Waals surface area (Å²) in [4.78, 5) is 17.1. The van der Waals surface area contributed by atoms with Crippen molar-refractivity contribution in [3.05, 3.63) is 77.9 Å². The molecule has 0 saturated carbocycles. The van der Waals surface area contributed by atoms with E-state index < -0.39 is 0 Å². The van der Waals surface area contributed by atoms with Gasteiger partial charge in [0.05, 0.1) is 12.7 Å². The molecule has 6 nitrogen and oxygen atoms in total. The number of nitrogens with zero attached hydrogens (tertiary/aromatic N) is 5. The van der Waals surface area contributed by atoms with E-state index in [0.29, 0.717) is 18.8 Å². The van der Waals surface area contributed by atoms with Crippen LogP contribution in [0.4, 0.5) is 10.1 Å². The van der Waals surface area contributed by atoms with Crippen LogP contribution in [0.15, 0.2) is 60.8 Å². The van der Waals surface area contributed by atoms with E-state index in [9.17, 15) is 9.18 Å². The van der Waals surface area contributed by atoms with Crippen LogP contribution in [0.3, 0.4) is 0 Å². The summed E-state index contributed by atoms with van der Waals surface area (Å²) in [6.45, 7) is 4.69. The molecule has 0 bridgehead atoms. The third-order valence-corrected chi connectivity index (χ3v) is 5.03. The van der Waals surface area contributed by atoms with E-state index in [4.69, 9.17) is 0 Å². The molecule has 28 heavy (non-hydrogen) atoms. The number of halogens is 1. The molecule has 2 aromatic carbocycles. The van der Waals surface area contributed by atoms with E-state index >= 15 is 0 Å². The zero-order chi connectivity index (χ0) is 19.5. The maximum Gasteiger partial charge on any atom is 0.276 e. The number of rotatable bonds is 4. The zero-order valence-corrected chi connectivity index (χ0v) is 15.7. The predicted octanol–water partition coefficient (Wildman–Crippen LogP) is 2.82. The smallest absolute Gasteiger partial charge is 0.276 e. The highest BCUT2D eigenvalue weighted by molar-refractivity contribution is 5.92. The highest BCUT2D eigenvalue weighted by atomic mass is 19.1. The highest BCUT2D eigenvalue weighted by Gasteiger charge is 2.29. The molecule has 1 fully saturated rings. The van der Waals surface area contributed by atoms with Crippen molar-refractivity contribution in [2.24, 2.45) is 0 Å². The molecule has 7 heteroatoms. The number of anilines is 1. The third kappa shape index (κ3) is 3.88. The fourth-order valence-corrected chi connectivity index (χ4v) is 3.53. The average molecular weight is 379 g/mol. The Morgan fingerprint density at radius 2 is 1.86 bits per heavy atom. The van der Waals surface area contributed by atoms with Crippen molar-refractivity contribution < 1.29 is 9.18 Å². The standard InChI is InChI=1S/C21H22FN5O/c1-16-13-25(19-5-3-2-4-6-19)11-12-27(16)21(28)20-15-26(24-23-20)14-17-7-9-18(22)10-8-17/h2-10,15-16H,11-14H2,1H3. The summed E-state index contributed by atoms with van der Waals surface area (Å²) in [5.74, 6) is -0.382. The lowest BCUT2D eigenvalue weighted by Gasteiger charge is -2.40. The summed E-state index contributed by atoms with van der Waals surface area (Å²) in [5.41, 5.74) is 2.41. The van der Waals surface area contributed by atoms with E-state index in [1.807, 2.05) is 23.1 Å². The Hall–Kier alpha value is -3.22. The summed E-state index contributed by atoms with van der Waals surface area (Å²) in [6.07, 6.45) is 1.65. The molecule has 1 saturated heterocycles. The van der Waals surface area contributed by atoms with Gasteiger partial charge in [0.1, 0.15) is 5.82 Å². The first kappa shape index (κ1) is 18.2. The minimum absolute atomic E-state index is 0.0729. The van der Waals surface area contributed by atoms with Crippen molar-refractivity contribution in [2.45, 2.75) is 19.5 Å². The van der Waals surface area contributed by atoms with E-state index in [1.165, 1.54) is 17.8 Å². The Balaban J connectivity index is 1.41. The topological polar surface area (TPSA) is 54.3 Å². The maximum atomic E-state index is 13.0. The molecule has 1 amide bonds. The predicted molar refractivity (Wildman–Crippen MR) is 105 cm³/mol. The van der Waals surface area contributed by atoms with Gasteiger partial charge in [-0.3, -0.25) is 4.79 Å². The fraction of sp³-hybridized carbons (Fsp3) is 0.286. The van der Waals surface area contributed by atoms with Gasteiger partial charge in [0.2, 0.25) is 0 Å². The van der Waals surface area contributed by atoms with Crippen LogP contribution in [0.25, 0.3) is 0 Å². The van der Waals surface area contributed by atoms with Gasteiger partial charge in [-0.2, -0.15) is 0 Å². The zero-order valence-electron chi connectivity index (χ0n) is 15.7. The van der Waals surface area contributed by atoms with Gasteiger partial charge < -0.3 is 9.80 Å². The number of carbonyl (C=O) groups is 1. The molecule has 0 spiro atoms. The van der Waals surface area contributed by atoms with Crippen molar-refractivity contribution in [3.8, 4) is 0 Å². The van der Waals surface area contributed by atoms with Crippen LogP contribution in [-0.2, 0) is 6.54 Å². The molecule has 3 aromatic rings. The molecule has 0 radical (unpaired) electrons. The van der Waals surface area contributed by atoms with Crippen LogP contribution in [0.5, 0.6) is 0 Å². The summed E-state index contributed by atoms with van der Waals surface area (Å²) >= 11 is 0. The molecule has 0 aliphatic carbocycles. The molecule has 4 rings (SSSR count). The Morgan fingerprint density at radius 1 is 1.11 bits per heavy atom. The molecule has 1 unspecified atom stereocenters. The Labute approximate surface area is 163 Å². The molecule has 1 aliphatic rings.